The molecule has 4 rings (SSSR count). The van der Waals surface area contributed by atoms with Gasteiger partial charge in [0.1, 0.15) is 5.75 Å². The van der Waals surface area contributed by atoms with Crippen LogP contribution in [0.15, 0.2) is 53.1 Å². The summed E-state index contributed by atoms with van der Waals surface area (Å²) in [6, 6.07) is 10.4. The lowest BCUT2D eigenvalue weighted by atomic mass is 9.95. The van der Waals surface area contributed by atoms with Crippen LogP contribution in [0.25, 0.3) is 0 Å². The van der Waals surface area contributed by atoms with Gasteiger partial charge in [-0.25, -0.2) is 0 Å². The Morgan fingerprint density at radius 2 is 1.84 bits per heavy atom. The molecule has 1 unspecified atom stereocenters. The molecule has 1 fully saturated rings. The standard InChI is InChI=1S/C25H30N2O4S/c1-17(2)31-19-10-8-18(9-11-19)22-21(23(28)20-7-6-16-32-20)24(29)25(30)27(22)15-14-26-12-4-3-5-13-26/h6-11,16-17,22,29H,3-5,12-15H2,1-2H3. The van der Waals surface area contributed by atoms with E-state index in [0.717, 1.165) is 30.9 Å². The molecule has 3 heterocycles. The van der Waals surface area contributed by atoms with Gasteiger partial charge >= 0.3 is 0 Å². The fraction of sp³-hybridized carbons (Fsp3) is 0.440. The number of hydrogen-bond donors (Lipinski definition) is 1. The number of carbonyl (C=O) groups is 2. The van der Waals surface area contributed by atoms with E-state index in [1.807, 2.05) is 43.5 Å². The Kier molecular flexibility index (Phi) is 6.96. The summed E-state index contributed by atoms with van der Waals surface area (Å²) >= 11 is 1.31. The highest BCUT2D eigenvalue weighted by Crippen LogP contribution is 2.40. The Hall–Kier alpha value is -2.64. The molecule has 0 aliphatic carbocycles. The molecule has 1 N–H and O–H groups in total. The highest BCUT2D eigenvalue weighted by molar-refractivity contribution is 7.12. The number of aliphatic hydroxyl groups is 1. The van der Waals surface area contributed by atoms with Crippen LogP contribution in [-0.2, 0) is 4.79 Å². The fourth-order valence-corrected chi connectivity index (χ4v) is 5.11. The first-order valence-electron chi connectivity index (χ1n) is 11.3. The second kappa shape index (κ2) is 9.88. The lowest BCUT2D eigenvalue weighted by Crippen LogP contribution is -2.40. The molecule has 32 heavy (non-hydrogen) atoms. The number of ether oxygens (including phenoxy) is 1. The molecular weight excluding hydrogens is 424 g/mol. The van der Waals surface area contributed by atoms with Gasteiger partial charge in [0.05, 0.1) is 22.6 Å². The van der Waals surface area contributed by atoms with Crippen LogP contribution in [0.3, 0.4) is 0 Å². The van der Waals surface area contributed by atoms with E-state index in [0.29, 0.717) is 11.4 Å². The Morgan fingerprint density at radius 1 is 1.12 bits per heavy atom. The molecule has 0 bridgehead atoms. The van der Waals surface area contributed by atoms with Crippen molar-refractivity contribution in [2.45, 2.75) is 45.3 Å². The smallest absolute Gasteiger partial charge is 0.290 e. The van der Waals surface area contributed by atoms with E-state index >= 15 is 0 Å². The van der Waals surface area contributed by atoms with E-state index in [-0.39, 0.29) is 17.5 Å². The third-order valence-electron chi connectivity index (χ3n) is 5.97. The zero-order chi connectivity index (χ0) is 22.7. The van der Waals surface area contributed by atoms with Crippen LogP contribution in [0.1, 0.15) is 54.4 Å². The largest absolute Gasteiger partial charge is 0.503 e. The summed E-state index contributed by atoms with van der Waals surface area (Å²) in [7, 11) is 0. The van der Waals surface area contributed by atoms with E-state index in [9.17, 15) is 14.7 Å². The van der Waals surface area contributed by atoms with Gasteiger partial charge in [0.2, 0.25) is 5.78 Å². The number of piperidine rings is 1. The molecule has 2 aliphatic heterocycles. The van der Waals surface area contributed by atoms with Gasteiger partial charge in [-0.05, 0) is 68.9 Å². The minimum Gasteiger partial charge on any atom is -0.503 e. The van der Waals surface area contributed by atoms with Gasteiger partial charge in [-0.15, -0.1) is 11.3 Å². The monoisotopic (exact) mass is 454 g/mol. The quantitative estimate of drug-likeness (QED) is 0.591. The number of benzene rings is 1. The van der Waals surface area contributed by atoms with Crippen molar-refractivity contribution < 1.29 is 19.4 Å². The molecule has 2 aromatic rings. The number of Topliss-reactive ketones (excluding diaryl/α,β-unsaturated/α-hetero) is 1. The van der Waals surface area contributed by atoms with Gasteiger partial charge in [0.25, 0.3) is 5.91 Å². The molecule has 1 aromatic heterocycles. The summed E-state index contributed by atoms with van der Waals surface area (Å²) in [5.41, 5.74) is 0.950. The van der Waals surface area contributed by atoms with E-state index < -0.39 is 17.7 Å². The zero-order valence-corrected chi connectivity index (χ0v) is 19.4. The maximum Gasteiger partial charge on any atom is 0.290 e. The minimum atomic E-state index is -0.616. The molecule has 1 saturated heterocycles. The summed E-state index contributed by atoms with van der Waals surface area (Å²) in [4.78, 5) is 30.9. The molecule has 1 atom stereocenters. The number of hydrogen-bond acceptors (Lipinski definition) is 6. The summed E-state index contributed by atoms with van der Waals surface area (Å²) in [5.74, 6) is -0.477. The average molecular weight is 455 g/mol. The van der Waals surface area contributed by atoms with Crippen molar-refractivity contribution in [1.82, 2.24) is 9.80 Å². The Balaban J connectivity index is 1.64. The van der Waals surface area contributed by atoms with Crippen LogP contribution in [0.4, 0.5) is 0 Å². The third-order valence-corrected chi connectivity index (χ3v) is 6.84. The number of thiophene rings is 1. The molecule has 0 saturated carbocycles. The molecule has 2 aliphatic rings. The number of likely N-dealkylation sites (tertiary alicyclic amines) is 1. The summed E-state index contributed by atoms with van der Waals surface area (Å²) in [5, 5.41) is 12.6. The molecule has 1 amide bonds. The first-order chi connectivity index (χ1) is 15.5. The van der Waals surface area contributed by atoms with Crippen LogP contribution in [0.5, 0.6) is 5.75 Å². The first-order valence-corrected chi connectivity index (χ1v) is 12.1. The predicted molar refractivity (Wildman–Crippen MR) is 125 cm³/mol. The van der Waals surface area contributed by atoms with Gasteiger partial charge in [-0.3, -0.25) is 9.59 Å². The minimum absolute atomic E-state index is 0.0508. The van der Waals surface area contributed by atoms with Crippen molar-refractivity contribution in [1.29, 1.82) is 0 Å². The van der Waals surface area contributed by atoms with E-state index in [1.165, 1.54) is 30.6 Å². The van der Waals surface area contributed by atoms with Crippen LogP contribution < -0.4 is 4.74 Å². The molecule has 6 nitrogen and oxygen atoms in total. The molecular formula is C25H30N2O4S. The summed E-state index contributed by atoms with van der Waals surface area (Å²) in [6.07, 6.45) is 3.63. The lowest BCUT2D eigenvalue weighted by Gasteiger charge is -2.31. The van der Waals surface area contributed by atoms with Crippen molar-refractivity contribution in [3.8, 4) is 5.75 Å². The van der Waals surface area contributed by atoms with Crippen molar-refractivity contribution in [2.75, 3.05) is 26.2 Å². The Labute approximate surface area is 193 Å². The van der Waals surface area contributed by atoms with Crippen LogP contribution in [0.2, 0.25) is 0 Å². The number of aliphatic hydroxyl groups excluding tert-OH is 1. The van der Waals surface area contributed by atoms with Gasteiger partial charge < -0.3 is 19.6 Å². The highest BCUT2D eigenvalue weighted by atomic mass is 32.1. The topological polar surface area (TPSA) is 70.1 Å². The summed E-state index contributed by atoms with van der Waals surface area (Å²) in [6.45, 7) is 7.15. The van der Waals surface area contributed by atoms with Crippen LogP contribution in [-0.4, -0.2) is 58.9 Å². The third kappa shape index (κ3) is 4.74. The number of rotatable bonds is 8. The van der Waals surface area contributed by atoms with Gasteiger partial charge in [0, 0.05) is 13.1 Å². The van der Waals surface area contributed by atoms with Gasteiger partial charge in [-0.2, -0.15) is 0 Å². The molecule has 1 aromatic carbocycles. The second-order valence-electron chi connectivity index (χ2n) is 8.61. The van der Waals surface area contributed by atoms with Gasteiger partial charge in [-0.1, -0.05) is 24.6 Å². The Morgan fingerprint density at radius 3 is 2.47 bits per heavy atom. The molecule has 0 spiro atoms. The fourth-order valence-electron chi connectivity index (χ4n) is 4.44. The average Bonchev–Trinajstić information content (AvgIpc) is 3.41. The van der Waals surface area contributed by atoms with Crippen LogP contribution in [0, 0.1) is 0 Å². The first kappa shape index (κ1) is 22.6. The normalized spacial score (nSPS) is 19.8. The number of amides is 1. The van der Waals surface area contributed by atoms with Crippen molar-refractivity contribution in [3.05, 3.63) is 63.6 Å². The maximum atomic E-state index is 13.3. The Bertz CT molecular complexity index is 976. The summed E-state index contributed by atoms with van der Waals surface area (Å²) < 4.78 is 5.75. The zero-order valence-electron chi connectivity index (χ0n) is 18.6. The van der Waals surface area contributed by atoms with E-state index in [4.69, 9.17) is 4.74 Å². The maximum absolute atomic E-state index is 13.3. The van der Waals surface area contributed by atoms with Crippen molar-refractivity contribution >= 4 is 23.0 Å². The molecule has 0 radical (unpaired) electrons. The number of ketones is 1. The van der Waals surface area contributed by atoms with Crippen molar-refractivity contribution in [2.24, 2.45) is 0 Å². The van der Waals surface area contributed by atoms with Crippen molar-refractivity contribution in [3.63, 3.8) is 0 Å². The SMILES string of the molecule is CC(C)Oc1ccc(C2C(C(=O)c3cccs3)=C(O)C(=O)N2CCN2CCCCC2)cc1. The van der Waals surface area contributed by atoms with E-state index in [2.05, 4.69) is 4.90 Å². The highest BCUT2D eigenvalue weighted by Gasteiger charge is 2.43. The van der Waals surface area contributed by atoms with Crippen LogP contribution >= 0.6 is 11.3 Å². The molecule has 170 valence electrons. The number of carbonyl (C=O) groups excluding carboxylic acids is 2. The van der Waals surface area contributed by atoms with E-state index in [1.54, 1.807) is 17.0 Å². The number of nitrogens with zero attached hydrogens (tertiary/aromatic N) is 2. The predicted octanol–water partition coefficient (Wildman–Crippen LogP) is 4.60. The second-order valence-corrected chi connectivity index (χ2v) is 9.56. The lowest BCUT2D eigenvalue weighted by molar-refractivity contribution is -0.129. The molecule has 7 heteroatoms. The van der Waals surface area contributed by atoms with Gasteiger partial charge in [0.15, 0.2) is 5.76 Å².